The molecule has 0 aliphatic rings. The van der Waals surface area contributed by atoms with Gasteiger partial charge in [-0.1, -0.05) is 5.92 Å². The smallest absolute Gasteiger partial charge is 0.257 e. The van der Waals surface area contributed by atoms with Crippen molar-refractivity contribution in [1.82, 2.24) is 10.3 Å². The predicted molar refractivity (Wildman–Crippen MR) is 56.7 cm³/mol. The van der Waals surface area contributed by atoms with Crippen LogP contribution in [0.2, 0.25) is 0 Å². The van der Waals surface area contributed by atoms with Gasteiger partial charge in [0, 0.05) is 6.20 Å². The van der Waals surface area contributed by atoms with Crippen LogP contribution >= 0.6 is 0 Å². The van der Waals surface area contributed by atoms with Gasteiger partial charge in [-0.25, -0.2) is 4.98 Å². The van der Waals surface area contributed by atoms with Gasteiger partial charge in [-0.3, -0.25) is 4.79 Å². The third-order valence-corrected chi connectivity index (χ3v) is 1.78. The zero-order chi connectivity index (χ0) is 11.3. The van der Waals surface area contributed by atoms with E-state index in [2.05, 4.69) is 16.2 Å². The minimum absolute atomic E-state index is 0.190. The summed E-state index contributed by atoms with van der Waals surface area (Å²) in [5.41, 5.74) is 1.29. The summed E-state index contributed by atoms with van der Waals surface area (Å²) in [4.78, 5) is 15.6. The summed E-state index contributed by atoms with van der Waals surface area (Å²) in [7, 11) is 1.47. The molecule has 1 aromatic rings. The molecule has 0 spiro atoms. The molecule has 1 aromatic heterocycles. The van der Waals surface area contributed by atoms with Gasteiger partial charge in [-0.05, 0) is 18.6 Å². The van der Waals surface area contributed by atoms with Crippen LogP contribution in [0.15, 0.2) is 12.3 Å². The normalized spacial score (nSPS) is 9.13. The summed E-state index contributed by atoms with van der Waals surface area (Å²) in [5.74, 6) is 2.35. The van der Waals surface area contributed by atoms with E-state index in [1.54, 1.807) is 12.3 Å². The number of nitrogens with zero attached hydrogens (tertiary/aromatic N) is 1. The Hall–Kier alpha value is -2.02. The summed E-state index contributed by atoms with van der Waals surface area (Å²) >= 11 is 0. The number of aromatic nitrogens is 1. The molecule has 0 atom stereocenters. The maximum Gasteiger partial charge on any atom is 0.257 e. The van der Waals surface area contributed by atoms with Gasteiger partial charge < -0.3 is 10.1 Å². The average Bonchev–Trinajstić information content (AvgIpc) is 2.25. The SMILES string of the molecule is C#CCNC(=O)c1cc(C)cnc1OC. The molecule has 0 fully saturated rings. The Morgan fingerprint density at radius 1 is 1.73 bits per heavy atom. The number of ether oxygens (including phenoxy) is 1. The lowest BCUT2D eigenvalue weighted by molar-refractivity contribution is 0.0955. The molecule has 0 aliphatic heterocycles. The molecular weight excluding hydrogens is 192 g/mol. The van der Waals surface area contributed by atoms with E-state index in [-0.39, 0.29) is 12.5 Å². The van der Waals surface area contributed by atoms with Crippen molar-refractivity contribution in [3.8, 4) is 18.2 Å². The standard InChI is InChI=1S/C11H12N2O2/c1-4-5-12-10(14)9-6-8(2)7-13-11(9)15-3/h1,6-7H,5H2,2-3H3,(H,12,14). The topological polar surface area (TPSA) is 51.2 Å². The first-order chi connectivity index (χ1) is 7.19. The van der Waals surface area contributed by atoms with Gasteiger partial charge in [-0.15, -0.1) is 6.42 Å². The molecule has 4 nitrogen and oxygen atoms in total. The van der Waals surface area contributed by atoms with Crippen LogP contribution in [0, 0.1) is 19.3 Å². The fourth-order valence-electron chi connectivity index (χ4n) is 1.11. The second kappa shape index (κ2) is 5.01. The largest absolute Gasteiger partial charge is 0.480 e. The van der Waals surface area contributed by atoms with Crippen LogP contribution in [0.5, 0.6) is 5.88 Å². The minimum Gasteiger partial charge on any atom is -0.480 e. The number of hydrogen-bond donors (Lipinski definition) is 1. The second-order valence-electron chi connectivity index (χ2n) is 2.96. The van der Waals surface area contributed by atoms with Crippen molar-refractivity contribution in [2.75, 3.05) is 13.7 Å². The molecular formula is C11H12N2O2. The Balaban J connectivity index is 2.96. The Bertz CT molecular complexity index is 408. The third kappa shape index (κ3) is 2.71. The number of nitrogens with one attached hydrogen (secondary N) is 1. The van der Waals surface area contributed by atoms with E-state index in [0.29, 0.717) is 11.4 Å². The maximum atomic E-state index is 11.6. The fourth-order valence-corrected chi connectivity index (χ4v) is 1.11. The lowest BCUT2D eigenvalue weighted by atomic mass is 10.2. The van der Waals surface area contributed by atoms with Crippen LogP contribution < -0.4 is 10.1 Å². The van der Waals surface area contributed by atoms with Gasteiger partial charge in [0.15, 0.2) is 0 Å². The number of carbonyl (C=O) groups is 1. The highest BCUT2D eigenvalue weighted by Crippen LogP contribution is 2.15. The molecule has 0 unspecified atom stereocenters. The molecule has 78 valence electrons. The summed E-state index contributed by atoms with van der Waals surface area (Å²) in [6.07, 6.45) is 6.68. The highest BCUT2D eigenvalue weighted by atomic mass is 16.5. The first-order valence-electron chi connectivity index (χ1n) is 4.41. The molecule has 1 amide bonds. The number of carbonyl (C=O) groups excluding carboxylic acids is 1. The summed E-state index contributed by atoms with van der Waals surface area (Å²) in [6.45, 7) is 2.04. The average molecular weight is 204 g/mol. The van der Waals surface area contributed by atoms with Crippen molar-refractivity contribution in [2.24, 2.45) is 0 Å². The third-order valence-electron chi connectivity index (χ3n) is 1.78. The van der Waals surface area contributed by atoms with Gasteiger partial charge in [0.25, 0.3) is 5.91 Å². The van der Waals surface area contributed by atoms with E-state index in [1.807, 2.05) is 6.92 Å². The quantitative estimate of drug-likeness (QED) is 0.739. The van der Waals surface area contributed by atoms with Gasteiger partial charge in [0.1, 0.15) is 5.56 Å². The minimum atomic E-state index is -0.277. The predicted octanol–water partition coefficient (Wildman–Crippen LogP) is 0.762. The monoisotopic (exact) mass is 204 g/mol. The highest BCUT2D eigenvalue weighted by Gasteiger charge is 2.12. The summed E-state index contributed by atoms with van der Waals surface area (Å²) in [6, 6.07) is 1.71. The van der Waals surface area contributed by atoms with Crippen LogP contribution in [-0.4, -0.2) is 24.5 Å². The number of methoxy groups -OCH3 is 1. The van der Waals surface area contributed by atoms with Crippen molar-refractivity contribution in [3.05, 3.63) is 23.4 Å². The van der Waals surface area contributed by atoms with E-state index in [9.17, 15) is 4.79 Å². The van der Waals surface area contributed by atoms with Crippen molar-refractivity contribution >= 4 is 5.91 Å². The van der Waals surface area contributed by atoms with Crippen LogP contribution in [-0.2, 0) is 0 Å². The number of amides is 1. The van der Waals surface area contributed by atoms with Gasteiger partial charge in [-0.2, -0.15) is 0 Å². The van der Waals surface area contributed by atoms with Crippen molar-refractivity contribution < 1.29 is 9.53 Å². The maximum absolute atomic E-state index is 11.6. The second-order valence-corrected chi connectivity index (χ2v) is 2.96. The zero-order valence-corrected chi connectivity index (χ0v) is 8.70. The first-order valence-corrected chi connectivity index (χ1v) is 4.41. The number of aryl methyl sites for hydroxylation is 1. The van der Waals surface area contributed by atoms with E-state index in [4.69, 9.17) is 11.2 Å². The number of rotatable bonds is 3. The summed E-state index contributed by atoms with van der Waals surface area (Å²) in [5, 5.41) is 2.56. The zero-order valence-electron chi connectivity index (χ0n) is 8.70. The lowest BCUT2D eigenvalue weighted by Gasteiger charge is -2.07. The Labute approximate surface area is 88.7 Å². The molecule has 0 aliphatic carbocycles. The molecule has 0 aromatic carbocycles. The van der Waals surface area contributed by atoms with Crippen LogP contribution in [0.3, 0.4) is 0 Å². The lowest BCUT2D eigenvalue weighted by Crippen LogP contribution is -2.24. The number of terminal acetylenes is 1. The van der Waals surface area contributed by atoms with Gasteiger partial charge in [0.05, 0.1) is 13.7 Å². The van der Waals surface area contributed by atoms with Gasteiger partial charge >= 0.3 is 0 Å². The van der Waals surface area contributed by atoms with Gasteiger partial charge in [0.2, 0.25) is 5.88 Å². The molecule has 0 radical (unpaired) electrons. The van der Waals surface area contributed by atoms with Crippen molar-refractivity contribution in [3.63, 3.8) is 0 Å². The molecule has 1 heterocycles. The number of pyridine rings is 1. The molecule has 0 bridgehead atoms. The molecule has 1 rings (SSSR count). The van der Waals surface area contributed by atoms with Crippen molar-refractivity contribution in [2.45, 2.75) is 6.92 Å². The molecule has 4 heteroatoms. The Morgan fingerprint density at radius 3 is 3.07 bits per heavy atom. The van der Waals surface area contributed by atoms with E-state index < -0.39 is 0 Å². The Kier molecular flexibility index (Phi) is 3.69. The molecule has 15 heavy (non-hydrogen) atoms. The fraction of sp³-hybridized carbons (Fsp3) is 0.273. The highest BCUT2D eigenvalue weighted by molar-refractivity contribution is 5.96. The van der Waals surface area contributed by atoms with Crippen molar-refractivity contribution in [1.29, 1.82) is 0 Å². The first kappa shape index (κ1) is 11.1. The van der Waals surface area contributed by atoms with Crippen LogP contribution in [0.25, 0.3) is 0 Å². The Morgan fingerprint density at radius 2 is 2.47 bits per heavy atom. The van der Waals surface area contributed by atoms with Crippen LogP contribution in [0.4, 0.5) is 0 Å². The molecule has 0 saturated heterocycles. The van der Waals surface area contributed by atoms with Crippen LogP contribution in [0.1, 0.15) is 15.9 Å². The summed E-state index contributed by atoms with van der Waals surface area (Å²) < 4.78 is 4.98. The molecule has 1 N–H and O–H groups in total. The van der Waals surface area contributed by atoms with E-state index >= 15 is 0 Å². The molecule has 0 saturated carbocycles. The number of hydrogen-bond acceptors (Lipinski definition) is 3. The van der Waals surface area contributed by atoms with E-state index in [0.717, 1.165) is 5.56 Å². The van der Waals surface area contributed by atoms with E-state index in [1.165, 1.54) is 7.11 Å².